The molecule has 0 aliphatic carbocycles. The van der Waals surface area contributed by atoms with Gasteiger partial charge in [-0.25, -0.2) is 0 Å². The number of hydrogen-bond donors (Lipinski definition) is 1. The lowest BCUT2D eigenvalue weighted by atomic mass is 10.2. The molecule has 1 N–H and O–H groups in total. The number of nitrogens with zero attached hydrogens (tertiary/aromatic N) is 1. The maximum absolute atomic E-state index is 12.2. The molecule has 1 aromatic heterocycles. The third kappa shape index (κ3) is 3.85. The van der Waals surface area contributed by atoms with Crippen LogP contribution in [0, 0.1) is 13.8 Å². The Bertz CT molecular complexity index is 703. The molecule has 7 heteroatoms. The molecule has 1 heterocycles. The van der Waals surface area contributed by atoms with Crippen molar-refractivity contribution in [3.8, 4) is 11.4 Å². The smallest absolute Gasteiger partial charge is 0.405 e. The number of aryl methyl sites for hydroxylation is 1. The average molecular weight is 326 g/mol. The zero-order valence-electron chi connectivity index (χ0n) is 13.0. The van der Waals surface area contributed by atoms with Crippen LogP contribution in [0.25, 0.3) is 5.69 Å². The van der Waals surface area contributed by atoms with Gasteiger partial charge in [0.15, 0.2) is 0 Å². The molecule has 0 unspecified atom stereocenters. The highest BCUT2D eigenvalue weighted by Gasteiger charge is 2.28. The Balaban J connectivity index is 2.30. The number of ether oxygens (including phenoxy) is 1. The molecule has 2 aromatic rings. The molecule has 0 aliphatic heterocycles. The van der Waals surface area contributed by atoms with Crippen LogP contribution in [0.15, 0.2) is 30.3 Å². The normalized spacial score (nSPS) is 11.4. The highest BCUT2D eigenvalue weighted by molar-refractivity contribution is 5.95. The van der Waals surface area contributed by atoms with Gasteiger partial charge < -0.3 is 14.6 Å². The van der Waals surface area contributed by atoms with Crippen LogP contribution < -0.4 is 10.1 Å². The summed E-state index contributed by atoms with van der Waals surface area (Å²) in [6, 6.07) is 8.76. The third-order valence-corrected chi connectivity index (χ3v) is 3.46. The molecule has 1 amide bonds. The highest BCUT2D eigenvalue weighted by atomic mass is 19.4. The van der Waals surface area contributed by atoms with Crippen molar-refractivity contribution in [2.75, 3.05) is 13.7 Å². The summed E-state index contributed by atoms with van der Waals surface area (Å²) in [7, 11) is 1.56. The minimum absolute atomic E-state index is 0.225. The minimum atomic E-state index is -4.43. The van der Waals surface area contributed by atoms with Crippen molar-refractivity contribution in [2.24, 2.45) is 0 Å². The summed E-state index contributed by atoms with van der Waals surface area (Å²) < 4.78 is 43.6. The predicted molar refractivity (Wildman–Crippen MR) is 80.2 cm³/mol. The van der Waals surface area contributed by atoms with Crippen LogP contribution in [-0.2, 0) is 0 Å². The Labute approximate surface area is 131 Å². The average Bonchev–Trinajstić information content (AvgIpc) is 2.79. The van der Waals surface area contributed by atoms with Crippen molar-refractivity contribution in [3.05, 3.63) is 47.3 Å². The van der Waals surface area contributed by atoms with Crippen molar-refractivity contribution >= 4 is 5.91 Å². The molecule has 0 saturated heterocycles. The predicted octanol–water partition coefficient (Wildman–Crippen LogP) is 3.39. The lowest BCUT2D eigenvalue weighted by Crippen LogP contribution is -2.33. The van der Waals surface area contributed by atoms with Crippen LogP contribution >= 0.6 is 0 Å². The van der Waals surface area contributed by atoms with Gasteiger partial charge >= 0.3 is 6.18 Å². The Kier molecular flexibility index (Phi) is 4.68. The summed E-state index contributed by atoms with van der Waals surface area (Å²) in [5, 5.41) is 1.89. The second-order valence-corrected chi connectivity index (χ2v) is 5.12. The molecule has 1 aromatic carbocycles. The Morgan fingerprint density at radius 1 is 1.22 bits per heavy atom. The van der Waals surface area contributed by atoms with Gasteiger partial charge in [-0.05, 0) is 44.2 Å². The van der Waals surface area contributed by atoms with Crippen molar-refractivity contribution < 1.29 is 22.7 Å². The summed E-state index contributed by atoms with van der Waals surface area (Å²) in [6.45, 7) is 2.13. The van der Waals surface area contributed by atoms with E-state index < -0.39 is 18.6 Å². The first-order valence-electron chi connectivity index (χ1n) is 6.91. The van der Waals surface area contributed by atoms with E-state index in [0.29, 0.717) is 11.4 Å². The van der Waals surface area contributed by atoms with Gasteiger partial charge in [0.25, 0.3) is 5.91 Å². The van der Waals surface area contributed by atoms with Crippen molar-refractivity contribution in [1.82, 2.24) is 9.88 Å². The number of rotatable bonds is 4. The summed E-state index contributed by atoms with van der Waals surface area (Å²) in [6.07, 6.45) is -4.43. The zero-order chi connectivity index (χ0) is 17.2. The number of carbonyl (C=O) groups excluding carboxylic acids is 1. The van der Waals surface area contributed by atoms with E-state index in [1.807, 2.05) is 22.0 Å². The van der Waals surface area contributed by atoms with Crippen LogP contribution in [-0.4, -0.2) is 30.3 Å². The standard InChI is InChI=1S/C16H17F3N2O2/c1-10-8-14(15(22)20-9-16(17,18)19)11(2)21(10)12-4-6-13(23-3)7-5-12/h4-8H,9H2,1-3H3,(H,20,22). The van der Waals surface area contributed by atoms with Gasteiger partial charge in [0.05, 0.1) is 12.7 Å². The summed E-state index contributed by atoms with van der Waals surface area (Å²) >= 11 is 0. The number of aromatic nitrogens is 1. The Hall–Kier alpha value is -2.44. The van der Waals surface area contributed by atoms with Crippen LogP contribution in [0.5, 0.6) is 5.75 Å². The molecular weight excluding hydrogens is 309 g/mol. The zero-order valence-corrected chi connectivity index (χ0v) is 13.0. The number of halogens is 3. The van der Waals surface area contributed by atoms with Crippen LogP contribution in [0.2, 0.25) is 0 Å². The van der Waals surface area contributed by atoms with Gasteiger partial charge in [0, 0.05) is 17.1 Å². The number of hydrogen-bond acceptors (Lipinski definition) is 2. The van der Waals surface area contributed by atoms with E-state index in [-0.39, 0.29) is 5.56 Å². The van der Waals surface area contributed by atoms with E-state index in [0.717, 1.165) is 11.4 Å². The van der Waals surface area contributed by atoms with Gasteiger partial charge in [-0.2, -0.15) is 13.2 Å². The van der Waals surface area contributed by atoms with E-state index in [1.54, 1.807) is 39.2 Å². The molecule has 0 saturated carbocycles. The first-order valence-corrected chi connectivity index (χ1v) is 6.91. The molecule has 0 atom stereocenters. The topological polar surface area (TPSA) is 43.3 Å². The van der Waals surface area contributed by atoms with Crippen LogP contribution in [0.1, 0.15) is 21.7 Å². The van der Waals surface area contributed by atoms with E-state index in [2.05, 4.69) is 0 Å². The fourth-order valence-corrected chi connectivity index (χ4v) is 2.40. The molecule has 0 fully saturated rings. The van der Waals surface area contributed by atoms with Gasteiger partial charge in [-0.1, -0.05) is 0 Å². The lowest BCUT2D eigenvalue weighted by Gasteiger charge is -2.11. The maximum Gasteiger partial charge on any atom is 0.405 e. The molecule has 0 aliphatic rings. The SMILES string of the molecule is COc1ccc(-n2c(C)cc(C(=O)NCC(F)(F)F)c2C)cc1. The van der Waals surface area contributed by atoms with Gasteiger partial charge in [-0.3, -0.25) is 4.79 Å². The Morgan fingerprint density at radius 3 is 2.35 bits per heavy atom. The van der Waals surface area contributed by atoms with Crippen molar-refractivity contribution in [2.45, 2.75) is 20.0 Å². The maximum atomic E-state index is 12.2. The first-order chi connectivity index (χ1) is 10.7. The number of carbonyl (C=O) groups is 1. The first kappa shape index (κ1) is 16.9. The van der Waals surface area contributed by atoms with Crippen LogP contribution in [0.4, 0.5) is 13.2 Å². The fourth-order valence-electron chi connectivity index (χ4n) is 2.40. The summed E-state index contributed by atoms with van der Waals surface area (Å²) in [4.78, 5) is 12.0. The monoisotopic (exact) mass is 326 g/mol. The largest absolute Gasteiger partial charge is 0.497 e. The summed E-state index contributed by atoms with van der Waals surface area (Å²) in [5.74, 6) is -0.0467. The number of benzene rings is 1. The number of nitrogens with one attached hydrogen (secondary N) is 1. The van der Waals surface area contributed by atoms with E-state index in [4.69, 9.17) is 4.74 Å². The molecule has 0 bridgehead atoms. The fraction of sp³-hybridized carbons (Fsp3) is 0.312. The van der Waals surface area contributed by atoms with Crippen LogP contribution in [0.3, 0.4) is 0 Å². The van der Waals surface area contributed by atoms with Crippen molar-refractivity contribution in [3.63, 3.8) is 0 Å². The summed E-state index contributed by atoms with van der Waals surface area (Å²) in [5.41, 5.74) is 2.36. The third-order valence-electron chi connectivity index (χ3n) is 3.46. The second-order valence-electron chi connectivity index (χ2n) is 5.12. The van der Waals surface area contributed by atoms with E-state index in [9.17, 15) is 18.0 Å². The van der Waals surface area contributed by atoms with E-state index in [1.165, 1.54) is 0 Å². The molecule has 2 rings (SSSR count). The number of alkyl halides is 3. The quantitative estimate of drug-likeness (QED) is 0.936. The molecule has 0 radical (unpaired) electrons. The number of amides is 1. The molecule has 0 spiro atoms. The van der Waals surface area contributed by atoms with Gasteiger partial charge in [-0.15, -0.1) is 0 Å². The number of methoxy groups -OCH3 is 1. The van der Waals surface area contributed by atoms with E-state index >= 15 is 0 Å². The van der Waals surface area contributed by atoms with Gasteiger partial charge in [0.2, 0.25) is 0 Å². The second kappa shape index (κ2) is 6.36. The van der Waals surface area contributed by atoms with Crippen molar-refractivity contribution in [1.29, 1.82) is 0 Å². The lowest BCUT2D eigenvalue weighted by molar-refractivity contribution is -0.123. The minimum Gasteiger partial charge on any atom is -0.497 e. The molecule has 23 heavy (non-hydrogen) atoms. The molecular formula is C16H17F3N2O2. The Morgan fingerprint density at radius 2 is 1.83 bits per heavy atom. The van der Waals surface area contributed by atoms with Gasteiger partial charge in [0.1, 0.15) is 12.3 Å². The molecule has 4 nitrogen and oxygen atoms in total. The molecule has 124 valence electrons. The highest BCUT2D eigenvalue weighted by Crippen LogP contribution is 2.23.